The summed E-state index contributed by atoms with van der Waals surface area (Å²) in [7, 11) is -7.54. The van der Waals surface area contributed by atoms with Crippen LogP contribution in [0, 0.1) is 0 Å². The van der Waals surface area contributed by atoms with Crippen LogP contribution in [0.25, 0.3) is 0 Å². The van der Waals surface area contributed by atoms with Crippen molar-refractivity contribution in [1.82, 2.24) is 9.80 Å². The molecule has 0 unspecified atom stereocenters. The first-order valence-electron chi connectivity index (χ1n) is 10.7. The Labute approximate surface area is 180 Å². The first-order chi connectivity index (χ1) is 14.4. The molecule has 0 spiro atoms. The van der Waals surface area contributed by atoms with Crippen molar-refractivity contribution in [2.24, 2.45) is 0 Å². The molecular formula is C20H36N2O6P2. The molecule has 0 aromatic heterocycles. The van der Waals surface area contributed by atoms with Crippen LogP contribution in [-0.2, 0) is 33.8 Å². The van der Waals surface area contributed by atoms with Crippen LogP contribution in [0.5, 0.6) is 0 Å². The summed E-state index contributed by atoms with van der Waals surface area (Å²) in [5.74, 6) is 0. The van der Waals surface area contributed by atoms with Gasteiger partial charge in [0.25, 0.3) is 0 Å². The number of benzene rings is 1. The van der Waals surface area contributed by atoms with E-state index in [1.165, 1.54) is 5.56 Å². The highest BCUT2D eigenvalue weighted by Crippen LogP contribution is 2.71. The molecule has 1 aliphatic heterocycles. The van der Waals surface area contributed by atoms with Gasteiger partial charge in [0.1, 0.15) is 0 Å². The summed E-state index contributed by atoms with van der Waals surface area (Å²) < 4.78 is 49.9. The minimum absolute atomic E-state index is 0.181. The van der Waals surface area contributed by atoms with Gasteiger partial charge in [-0.2, -0.15) is 0 Å². The second kappa shape index (κ2) is 12.5. The lowest BCUT2D eigenvalue weighted by Crippen LogP contribution is -2.50. The molecule has 0 radical (unpaired) electrons. The zero-order valence-electron chi connectivity index (χ0n) is 18.6. The molecule has 1 aromatic rings. The molecule has 0 amide bonds. The first-order valence-corrected chi connectivity index (χ1v) is 13.9. The summed E-state index contributed by atoms with van der Waals surface area (Å²) in [6.07, 6.45) is 0. The lowest BCUT2D eigenvalue weighted by atomic mass is 10.2. The molecule has 172 valence electrons. The van der Waals surface area contributed by atoms with Gasteiger partial charge in [-0.15, -0.1) is 0 Å². The number of hydrogen-bond donors (Lipinski definition) is 0. The third-order valence-electron chi connectivity index (χ3n) is 4.78. The van der Waals surface area contributed by atoms with Crippen molar-refractivity contribution < 1.29 is 27.2 Å². The lowest BCUT2D eigenvalue weighted by Gasteiger charge is -2.42. The normalized spacial score (nSPS) is 17.0. The number of nitrogens with zero attached hydrogens (tertiary/aromatic N) is 2. The summed E-state index contributed by atoms with van der Waals surface area (Å²) in [5.41, 5.74) is 0.162. The molecule has 8 nitrogen and oxygen atoms in total. The smallest absolute Gasteiger partial charge is 0.307 e. The van der Waals surface area contributed by atoms with Gasteiger partial charge in [-0.3, -0.25) is 18.9 Å². The maximum Gasteiger partial charge on any atom is 0.360 e. The minimum atomic E-state index is -3.77. The van der Waals surface area contributed by atoms with Crippen LogP contribution < -0.4 is 0 Å². The van der Waals surface area contributed by atoms with Gasteiger partial charge in [-0.05, 0) is 33.3 Å². The Kier molecular flexibility index (Phi) is 10.7. The average molecular weight is 462 g/mol. The van der Waals surface area contributed by atoms with Crippen LogP contribution in [0.1, 0.15) is 33.3 Å². The van der Waals surface area contributed by atoms with E-state index in [4.69, 9.17) is 18.1 Å². The highest BCUT2D eigenvalue weighted by atomic mass is 31.2. The third kappa shape index (κ3) is 6.72. The minimum Gasteiger partial charge on any atom is -0.307 e. The monoisotopic (exact) mass is 462 g/mol. The van der Waals surface area contributed by atoms with Crippen LogP contribution >= 0.6 is 15.2 Å². The molecule has 0 N–H and O–H groups in total. The Balaban J connectivity index is 2.24. The fraction of sp³-hybridized carbons (Fsp3) is 0.700. The molecule has 10 heteroatoms. The SMILES string of the molecule is CCOP(=O)(OCC)C(N1CCN(Cc2ccccc2)CC1)P(=O)(OCC)OCC. The van der Waals surface area contributed by atoms with Gasteiger partial charge in [0, 0.05) is 32.7 Å². The maximum absolute atomic E-state index is 13.7. The van der Waals surface area contributed by atoms with Gasteiger partial charge in [0.2, 0.25) is 5.52 Å². The molecule has 2 rings (SSSR count). The fourth-order valence-electron chi connectivity index (χ4n) is 3.63. The van der Waals surface area contributed by atoms with Gasteiger partial charge in [-0.1, -0.05) is 30.3 Å². The summed E-state index contributed by atoms with van der Waals surface area (Å²) in [6, 6.07) is 10.3. The Bertz CT molecular complexity index is 663. The summed E-state index contributed by atoms with van der Waals surface area (Å²) in [5, 5.41) is 0. The van der Waals surface area contributed by atoms with E-state index < -0.39 is 20.7 Å². The van der Waals surface area contributed by atoms with Crippen LogP contribution in [0.2, 0.25) is 0 Å². The van der Waals surface area contributed by atoms with Crippen molar-refractivity contribution in [3.8, 4) is 0 Å². The number of piperazine rings is 1. The van der Waals surface area contributed by atoms with E-state index in [-0.39, 0.29) is 26.4 Å². The molecule has 0 saturated carbocycles. The molecule has 1 aliphatic rings. The molecule has 1 aromatic carbocycles. The molecule has 0 aliphatic carbocycles. The zero-order chi connectivity index (χ0) is 22.0. The van der Waals surface area contributed by atoms with Crippen molar-refractivity contribution >= 4 is 15.2 Å². The van der Waals surface area contributed by atoms with E-state index in [0.717, 1.165) is 19.6 Å². The molecule has 0 atom stereocenters. The van der Waals surface area contributed by atoms with E-state index in [0.29, 0.717) is 13.1 Å². The average Bonchev–Trinajstić information content (AvgIpc) is 2.71. The Morgan fingerprint density at radius 2 is 1.20 bits per heavy atom. The molecule has 1 fully saturated rings. The standard InChI is InChI=1S/C20H36N2O6P2/c1-5-25-29(23,26-6-2)20(30(24,27-7-3)28-8-4)22-16-14-21(15-17-22)18-19-12-10-9-11-13-19/h9-13,20H,5-8,14-18H2,1-4H3. The van der Waals surface area contributed by atoms with Gasteiger partial charge in [0.05, 0.1) is 26.4 Å². The molecule has 1 saturated heterocycles. The van der Waals surface area contributed by atoms with E-state index in [1.54, 1.807) is 27.7 Å². The molecule has 30 heavy (non-hydrogen) atoms. The number of rotatable bonds is 13. The van der Waals surface area contributed by atoms with Crippen molar-refractivity contribution in [2.75, 3.05) is 52.6 Å². The van der Waals surface area contributed by atoms with Crippen molar-refractivity contribution in [3.05, 3.63) is 35.9 Å². The quantitative estimate of drug-likeness (QED) is 0.393. The van der Waals surface area contributed by atoms with Gasteiger partial charge in [0.15, 0.2) is 0 Å². The first kappa shape index (κ1) is 25.7. The Hall–Kier alpha value is -0.560. The topological polar surface area (TPSA) is 77.5 Å². The summed E-state index contributed by atoms with van der Waals surface area (Å²) >= 11 is 0. The van der Waals surface area contributed by atoms with E-state index in [2.05, 4.69) is 17.0 Å². The third-order valence-corrected chi connectivity index (χ3v) is 10.7. The highest BCUT2D eigenvalue weighted by Gasteiger charge is 2.54. The molecular weight excluding hydrogens is 426 g/mol. The maximum atomic E-state index is 13.7. The van der Waals surface area contributed by atoms with E-state index >= 15 is 0 Å². The predicted octanol–water partition coefficient (Wildman–Crippen LogP) is 4.62. The summed E-state index contributed by atoms with van der Waals surface area (Å²) in [4.78, 5) is 4.22. The Morgan fingerprint density at radius 1 is 0.767 bits per heavy atom. The Morgan fingerprint density at radius 3 is 1.60 bits per heavy atom. The second-order valence-electron chi connectivity index (χ2n) is 6.89. The van der Waals surface area contributed by atoms with Crippen LogP contribution in [0.4, 0.5) is 0 Å². The van der Waals surface area contributed by atoms with Crippen LogP contribution in [0.15, 0.2) is 30.3 Å². The fourth-order valence-corrected chi connectivity index (χ4v) is 9.20. The molecule has 0 bridgehead atoms. The van der Waals surface area contributed by atoms with E-state index in [9.17, 15) is 9.13 Å². The van der Waals surface area contributed by atoms with Crippen molar-refractivity contribution in [2.45, 2.75) is 39.8 Å². The van der Waals surface area contributed by atoms with Crippen LogP contribution in [0.3, 0.4) is 0 Å². The highest BCUT2D eigenvalue weighted by molar-refractivity contribution is 7.72. The largest absolute Gasteiger partial charge is 0.360 e. The second-order valence-corrected chi connectivity index (χ2v) is 11.5. The van der Waals surface area contributed by atoms with Gasteiger partial charge < -0.3 is 18.1 Å². The van der Waals surface area contributed by atoms with Crippen LogP contribution in [-0.4, -0.2) is 67.9 Å². The van der Waals surface area contributed by atoms with E-state index in [1.807, 2.05) is 23.1 Å². The predicted molar refractivity (Wildman–Crippen MR) is 119 cm³/mol. The number of hydrogen-bond acceptors (Lipinski definition) is 8. The zero-order valence-corrected chi connectivity index (χ0v) is 20.4. The van der Waals surface area contributed by atoms with Gasteiger partial charge in [-0.25, -0.2) is 0 Å². The van der Waals surface area contributed by atoms with Gasteiger partial charge >= 0.3 is 15.2 Å². The van der Waals surface area contributed by atoms with Crippen molar-refractivity contribution in [1.29, 1.82) is 0 Å². The summed E-state index contributed by atoms with van der Waals surface area (Å²) in [6.45, 7) is 11.1. The van der Waals surface area contributed by atoms with Crippen molar-refractivity contribution in [3.63, 3.8) is 0 Å². The molecule has 1 heterocycles. The lowest BCUT2D eigenvalue weighted by molar-refractivity contribution is 0.100.